The minimum absolute atomic E-state index is 0.278. The number of nitrogens with zero attached hydrogens (tertiary/aromatic N) is 1. The van der Waals surface area contributed by atoms with Gasteiger partial charge >= 0.3 is 5.97 Å². The number of ether oxygens (including phenoxy) is 1. The highest BCUT2D eigenvalue weighted by molar-refractivity contribution is 5.87. The van der Waals surface area contributed by atoms with E-state index in [-0.39, 0.29) is 5.56 Å². The van der Waals surface area contributed by atoms with E-state index in [1.807, 2.05) is 6.07 Å². The molecule has 4 nitrogen and oxygen atoms in total. The van der Waals surface area contributed by atoms with Crippen molar-refractivity contribution in [3.63, 3.8) is 0 Å². The molecule has 2 aliphatic rings. The first-order valence-corrected chi connectivity index (χ1v) is 7.89. The van der Waals surface area contributed by atoms with Gasteiger partial charge in [-0.3, -0.25) is 4.90 Å². The van der Waals surface area contributed by atoms with Gasteiger partial charge in [0.1, 0.15) is 12.4 Å². The van der Waals surface area contributed by atoms with Gasteiger partial charge in [0.05, 0.1) is 5.56 Å². The first-order chi connectivity index (χ1) is 10.2. The maximum absolute atomic E-state index is 10.9. The molecule has 4 heteroatoms. The molecule has 0 bridgehead atoms. The Hall–Kier alpha value is -1.55. The summed E-state index contributed by atoms with van der Waals surface area (Å²) in [6.45, 7) is 3.97. The van der Waals surface area contributed by atoms with Gasteiger partial charge in [0, 0.05) is 19.6 Å². The summed E-state index contributed by atoms with van der Waals surface area (Å²) in [5.41, 5.74) is 0.278. The summed E-state index contributed by atoms with van der Waals surface area (Å²) in [5.74, 6) is 1.54. The number of carboxylic acid groups (broad SMARTS) is 1. The molecule has 0 saturated heterocycles. The van der Waals surface area contributed by atoms with Crippen LogP contribution < -0.4 is 4.74 Å². The maximum Gasteiger partial charge on any atom is 0.335 e. The highest BCUT2D eigenvalue weighted by Crippen LogP contribution is 2.33. The molecule has 0 spiro atoms. The SMILES string of the molecule is O=C(O)c1cccc(OCCN(CC2CC2)CC2CC2)c1. The lowest BCUT2D eigenvalue weighted by Gasteiger charge is -2.22. The van der Waals surface area contributed by atoms with Crippen molar-refractivity contribution < 1.29 is 14.6 Å². The van der Waals surface area contributed by atoms with Crippen LogP contribution in [0.15, 0.2) is 24.3 Å². The van der Waals surface area contributed by atoms with E-state index in [9.17, 15) is 4.79 Å². The first-order valence-electron chi connectivity index (χ1n) is 7.89. The van der Waals surface area contributed by atoms with E-state index < -0.39 is 5.97 Å². The zero-order valence-electron chi connectivity index (χ0n) is 12.3. The molecule has 0 radical (unpaired) electrons. The van der Waals surface area contributed by atoms with Crippen molar-refractivity contribution in [2.24, 2.45) is 11.8 Å². The summed E-state index contributed by atoms with van der Waals surface area (Å²) in [7, 11) is 0. The summed E-state index contributed by atoms with van der Waals surface area (Å²) >= 11 is 0. The highest BCUT2D eigenvalue weighted by atomic mass is 16.5. The number of benzene rings is 1. The van der Waals surface area contributed by atoms with Crippen molar-refractivity contribution in [3.05, 3.63) is 29.8 Å². The molecule has 0 heterocycles. The van der Waals surface area contributed by atoms with Crippen LogP contribution in [0.1, 0.15) is 36.0 Å². The molecule has 0 aliphatic heterocycles. The topological polar surface area (TPSA) is 49.8 Å². The fourth-order valence-corrected chi connectivity index (χ4v) is 2.60. The van der Waals surface area contributed by atoms with Gasteiger partial charge in [-0.25, -0.2) is 4.79 Å². The number of aromatic carboxylic acids is 1. The minimum atomic E-state index is -0.912. The Kier molecular flexibility index (Phi) is 4.44. The van der Waals surface area contributed by atoms with Gasteiger partial charge in [-0.15, -0.1) is 0 Å². The van der Waals surface area contributed by atoms with Crippen molar-refractivity contribution in [3.8, 4) is 5.75 Å². The molecular weight excluding hydrogens is 266 g/mol. The van der Waals surface area contributed by atoms with E-state index in [0.29, 0.717) is 12.4 Å². The van der Waals surface area contributed by atoms with Gasteiger partial charge in [0.25, 0.3) is 0 Å². The predicted molar refractivity (Wildman–Crippen MR) is 80.8 cm³/mol. The van der Waals surface area contributed by atoms with Crippen LogP contribution in [0.2, 0.25) is 0 Å². The first kappa shape index (κ1) is 14.4. The Balaban J connectivity index is 1.46. The Labute approximate surface area is 125 Å². The number of carboxylic acids is 1. The Bertz CT molecular complexity index is 481. The average Bonchev–Trinajstić information content (AvgIpc) is 3.35. The van der Waals surface area contributed by atoms with Crippen molar-refractivity contribution in [1.82, 2.24) is 4.90 Å². The quantitative estimate of drug-likeness (QED) is 0.759. The molecule has 2 fully saturated rings. The fraction of sp³-hybridized carbons (Fsp3) is 0.588. The monoisotopic (exact) mass is 289 g/mol. The molecule has 1 aromatic carbocycles. The summed E-state index contributed by atoms with van der Waals surface area (Å²) in [6.07, 6.45) is 5.51. The zero-order valence-corrected chi connectivity index (χ0v) is 12.3. The standard InChI is InChI=1S/C17H23NO3/c19-17(20)15-2-1-3-16(10-15)21-9-8-18(11-13-4-5-13)12-14-6-7-14/h1-3,10,13-14H,4-9,11-12H2,(H,19,20). The number of hydrogen-bond acceptors (Lipinski definition) is 3. The van der Waals surface area contributed by atoms with Crippen LogP contribution in [-0.2, 0) is 0 Å². The zero-order chi connectivity index (χ0) is 14.7. The maximum atomic E-state index is 10.9. The van der Waals surface area contributed by atoms with Gasteiger partial charge < -0.3 is 9.84 Å². The van der Waals surface area contributed by atoms with E-state index in [1.165, 1.54) is 38.8 Å². The lowest BCUT2D eigenvalue weighted by molar-refractivity contribution is 0.0696. The fourth-order valence-electron chi connectivity index (χ4n) is 2.60. The highest BCUT2D eigenvalue weighted by Gasteiger charge is 2.28. The Morgan fingerprint density at radius 2 is 1.86 bits per heavy atom. The molecule has 0 unspecified atom stereocenters. The Morgan fingerprint density at radius 3 is 2.43 bits per heavy atom. The number of rotatable bonds is 9. The third kappa shape index (κ3) is 4.74. The van der Waals surface area contributed by atoms with Gasteiger partial charge in [-0.2, -0.15) is 0 Å². The molecular formula is C17H23NO3. The van der Waals surface area contributed by atoms with E-state index in [0.717, 1.165) is 18.4 Å². The van der Waals surface area contributed by atoms with Gasteiger partial charge in [-0.1, -0.05) is 6.07 Å². The molecule has 1 aromatic rings. The van der Waals surface area contributed by atoms with Crippen LogP contribution in [0.5, 0.6) is 5.75 Å². The van der Waals surface area contributed by atoms with Crippen LogP contribution in [0.3, 0.4) is 0 Å². The van der Waals surface area contributed by atoms with Crippen LogP contribution in [0.4, 0.5) is 0 Å². The van der Waals surface area contributed by atoms with Gasteiger partial charge in [0.15, 0.2) is 0 Å². The minimum Gasteiger partial charge on any atom is -0.492 e. The van der Waals surface area contributed by atoms with Gasteiger partial charge in [0.2, 0.25) is 0 Å². The number of hydrogen-bond donors (Lipinski definition) is 1. The van der Waals surface area contributed by atoms with Crippen molar-refractivity contribution >= 4 is 5.97 Å². The van der Waals surface area contributed by atoms with E-state index in [4.69, 9.17) is 9.84 Å². The second-order valence-electron chi connectivity index (χ2n) is 6.33. The normalized spacial score (nSPS) is 18.0. The Morgan fingerprint density at radius 1 is 1.19 bits per heavy atom. The molecule has 1 N–H and O–H groups in total. The lowest BCUT2D eigenvalue weighted by atomic mass is 10.2. The second kappa shape index (κ2) is 6.48. The smallest absolute Gasteiger partial charge is 0.335 e. The average molecular weight is 289 g/mol. The van der Waals surface area contributed by atoms with E-state index >= 15 is 0 Å². The molecule has 2 saturated carbocycles. The number of carbonyl (C=O) groups is 1. The van der Waals surface area contributed by atoms with Gasteiger partial charge in [-0.05, 0) is 55.7 Å². The second-order valence-corrected chi connectivity index (χ2v) is 6.33. The summed E-state index contributed by atoms with van der Waals surface area (Å²) in [4.78, 5) is 13.5. The van der Waals surface area contributed by atoms with Crippen LogP contribution in [0.25, 0.3) is 0 Å². The third-order valence-corrected chi connectivity index (χ3v) is 4.18. The molecule has 2 aliphatic carbocycles. The van der Waals surface area contributed by atoms with Crippen molar-refractivity contribution in [2.45, 2.75) is 25.7 Å². The predicted octanol–water partition coefficient (Wildman–Crippen LogP) is 2.89. The van der Waals surface area contributed by atoms with Crippen LogP contribution >= 0.6 is 0 Å². The van der Waals surface area contributed by atoms with Crippen molar-refractivity contribution in [1.29, 1.82) is 0 Å². The molecule has 3 rings (SSSR count). The third-order valence-electron chi connectivity index (χ3n) is 4.18. The molecule has 0 atom stereocenters. The lowest BCUT2D eigenvalue weighted by Crippen LogP contribution is -2.32. The van der Waals surface area contributed by atoms with Crippen LogP contribution in [-0.4, -0.2) is 42.2 Å². The summed E-state index contributed by atoms with van der Waals surface area (Å²) < 4.78 is 5.73. The van der Waals surface area contributed by atoms with E-state index in [2.05, 4.69) is 4.90 Å². The molecule has 0 aromatic heterocycles. The largest absolute Gasteiger partial charge is 0.492 e. The van der Waals surface area contributed by atoms with Crippen LogP contribution in [0, 0.1) is 11.8 Å². The molecule has 21 heavy (non-hydrogen) atoms. The van der Waals surface area contributed by atoms with E-state index in [1.54, 1.807) is 18.2 Å². The summed E-state index contributed by atoms with van der Waals surface area (Å²) in [5, 5.41) is 8.97. The molecule has 114 valence electrons. The molecule has 0 amide bonds. The van der Waals surface area contributed by atoms with Crippen molar-refractivity contribution in [2.75, 3.05) is 26.2 Å². The summed E-state index contributed by atoms with van der Waals surface area (Å²) in [6, 6.07) is 6.72.